The smallest absolute Gasteiger partial charge is 0.257 e. The predicted molar refractivity (Wildman–Crippen MR) is 82.3 cm³/mol. The molecule has 21 heavy (non-hydrogen) atoms. The molecule has 0 aliphatic carbocycles. The first-order valence-electron chi connectivity index (χ1n) is 6.72. The van der Waals surface area contributed by atoms with Gasteiger partial charge in [-0.3, -0.25) is 9.78 Å². The first-order chi connectivity index (χ1) is 10.1. The Morgan fingerprint density at radius 1 is 1.29 bits per heavy atom. The van der Waals surface area contributed by atoms with E-state index in [2.05, 4.69) is 4.98 Å². The summed E-state index contributed by atoms with van der Waals surface area (Å²) in [5.74, 6) is 0.396. The van der Waals surface area contributed by atoms with Crippen LogP contribution < -0.4 is 10.5 Å². The molecule has 1 heterocycles. The monoisotopic (exact) mass is 285 g/mol. The first kappa shape index (κ1) is 14.8. The third kappa shape index (κ3) is 3.95. The standard InChI is InChI=1S/C16H19N3O2/c1-19(2)16(20)14-7-6-12(17)11-15(14)21-10-8-13-5-3-4-9-18-13/h3-7,9,11H,8,10,17H2,1-2H3. The van der Waals surface area contributed by atoms with E-state index in [1.807, 2.05) is 18.2 Å². The van der Waals surface area contributed by atoms with E-state index in [-0.39, 0.29) is 5.91 Å². The number of nitrogen functional groups attached to an aromatic ring is 1. The molecule has 5 nitrogen and oxygen atoms in total. The molecule has 1 aromatic heterocycles. The maximum atomic E-state index is 12.1. The number of pyridine rings is 1. The molecule has 2 rings (SSSR count). The summed E-state index contributed by atoms with van der Waals surface area (Å²) in [7, 11) is 3.41. The Kier molecular flexibility index (Phi) is 4.77. The van der Waals surface area contributed by atoms with Crippen LogP contribution in [-0.2, 0) is 6.42 Å². The van der Waals surface area contributed by atoms with Gasteiger partial charge in [-0.1, -0.05) is 6.07 Å². The maximum absolute atomic E-state index is 12.1. The predicted octanol–water partition coefficient (Wildman–Crippen LogP) is 1.99. The lowest BCUT2D eigenvalue weighted by atomic mass is 10.1. The summed E-state index contributed by atoms with van der Waals surface area (Å²) >= 11 is 0. The second-order valence-corrected chi connectivity index (χ2v) is 4.87. The number of hydrogen-bond donors (Lipinski definition) is 1. The Bertz CT molecular complexity index is 612. The highest BCUT2D eigenvalue weighted by atomic mass is 16.5. The largest absolute Gasteiger partial charge is 0.492 e. The van der Waals surface area contributed by atoms with Crippen LogP contribution in [0.15, 0.2) is 42.6 Å². The van der Waals surface area contributed by atoms with Crippen molar-refractivity contribution >= 4 is 11.6 Å². The highest BCUT2D eigenvalue weighted by Gasteiger charge is 2.14. The number of ether oxygens (including phenoxy) is 1. The number of rotatable bonds is 5. The number of hydrogen-bond acceptors (Lipinski definition) is 4. The van der Waals surface area contributed by atoms with Crippen molar-refractivity contribution in [3.8, 4) is 5.75 Å². The summed E-state index contributed by atoms with van der Waals surface area (Å²) in [4.78, 5) is 17.8. The topological polar surface area (TPSA) is 68.5 Å². The molecule has 0 saturated heterocycles. The highest BCUT2D eigenvalue weighted by molar-refractivity contribution is 5.97. The average molecular weight is 285 g/mol. The maximum Gasteiger partial charge on any atom is 0.257 e. The molecule has 1 aromatic carbocycles. The zero-order valence-corrected chi connectivity index (χ0v) is 12.2. The second-order valence-electron chi connectivity index (χ2n) is 4.87. The van der Waals surface area contributed by atoms with Gasteiger partial charge in [0.2, 0.25) is 0 Å². The molecule has 0 fully saturated rings. The fraction of sp³-hybridized carbons (Fsp3) is 0.250. The van der Waals surface area contributed by atoms with Crippen molar-refractivity contribution in [2.75, 3.05) is 26.4 Å². The van der Waals surface area contributed by atoms with Gasteiger partial charge in [0.25, 0.3) is 5.91 Å². The van der Waals surface area contributed by atoms with Gasteiger partial charge in [0.1, 0.15) is 5.75 Å². The van der Waals surface area contributed by atoms with E-state index in [4.69, 9.17) is 10.5 Å². The molecule has 2 aromatic rings. The molecular weight excluding hydrogens is 266 g/mol. The van der Waals surface area contributed by atoms with Gasteiger partial charge in [0, 0.05) is 44.2 Å². The Morgan fingerprint density at radius 3 is 2.76 bits per heavy atom. The van der Waals surface area contributed by atoms with E-state index in [1.165, 1.54) is 4.90 Å². The summed E-state index contributed by atoms with van der Waals surface area (Å²) in [6.07, 6.45) is 2.42. The molecule has 0 saturated carbocycles. The first-order valence-corrected chi connectivity index (χ1v) is 6.72. The molecule has 1 amide bonds. The van der Waals surface area contributed by atoms with Crippen LogP contribution in [0, 0.1) is 0 Å². The van der Waals surface area contributed by atoms with Crippen molar-refractivity contribution in [3.05, 3.63) is 53.9 Å². The van der Waals surface area contributed by atoms with Crippen LogP contribution in [0.25, 0.3) is 0 Å². The summed E-state index contributed by atoms with van der Waals surface area (Å²) in [5.41, 5.74) is 7.79. The van der Waals surface area contributed by atoms with Gasteiger partial charge in [-0.05, 0) is 24.3 Å². The van der Waals surface area contributed by atoms with Crippen molar-refractivity contribution in [1.29, 1.82) is 0 Å². The molecule has 0 aliphatic heterocycles. The van der Waals surface area contributed by atoms with Crippen LogP contribution >= 0.6 is 0 Å². The van der Waals surface area contributed by atoms with E-state index >= 15 is 0 Å². The molecule has 0 unspecified atom stereocenters. The van der Waals surface area contributed by atoms with Crippen LogP contribution in [-0.4, -0.2) is 36.5 Å². The molecule has 2 N–H and O–H groups in total. The lowest BCUT2D eigenvalue weighted by Gasteiger charge is -2.15. The third-order valence-corrected chi connectivity index (χ3v) is 2.98. The van der Waals surface area contributed by atoms with Crippen molar-refractivity contribution in [2.24, 2.45) is 0 Å². The van der Waals surface area contributed by atoms with Gasteiger partial charge < -0.3 is 15.4 Å². The number of nitrogens with two attached hydrogens (primary N) is 1. The number of amides is 1. The van der Waals surface area contributed by atoms with Gasteiger partial charge in [-0.2, -0.15) is 0 Å². The number of anilines is 1. The van der Waals surface area contributed by atoms with E-state index in [0.717, 1.165) is 5.69 Å². The minimum atomic E-state index is -0.108. The van der Waals surface area contributed by atoms with Gasteiger partial charge in [0.05, 0.1) is 12.2 Å². The lowest BCUT2D eigenvalue weighted by molar-refractivity contribution is 0.0823. The van der Waals surface area contributed by atoms with Crippen LogP contribution in [0.3, 0.4) is 0 Å². The quantitative estimate of drug-likeness (QED) is 0.853. The second kappa shape index (κ2) is 6.74. The normalized spacial score (nSPS) is 10.2. The lowest BCUT2D eigenvalue weighted by Crippen LogP contribution is -2.22. The molecule has 0 radical (unpaired) electrons. The number of benzene rings is 1. The van der Waals surface area contributed by atoms with Crippen molar-refractivity contribution in [2.45, 2.75) is 6.42 Å². The van der Waals surface area contributed by atoms with Gasteiger partial charge >= 0.3 is 0 Å². The van der Waals surface area contributed by atoms with Crippen LogP contribution in [0.4, 0.5) is 5.69 Å². The van der Waals surface area contributed by atoms with Crippen molar-refractivity contribution in [1.82, 2.24) is 9.88 Å². The van der Waals surface area contributed by atoms with Gasteiger partial charge in [-0.25, -0.2) is 0 Å². The van der Waals surface area contributed by atoms with E-state index in [0.29, 0.717) is 30.0 Å². The van der Waals surface area contributed by atoms with E-state index in [1.54, 1.807) is 38.5 Å². The Morgan fingerprint density at radius 2 is 2.10 bits per heavy atom. The Labute approximate surface area is 124 Å². The fourth-order valence-electron chi connectivity index (χ4n) is 1.89. The number of aromatic nitrogens is 1. The summed E-state index contributed by atoms with van der Waals surface area (Å²) in [6, 6.07) is 10.8. The van der Waals surface area contributed by atoms with E-state index in [9.17, 15) is 4.79 Å². The highest BCUT2D eigenvalue weighted by Crippen LogP contribution is 2.23. The van der Waals surface area contributed by atoms with E-state index < -0.39 is 0 Å². The molecule has 0 bridgehead atoms. The Hall–Kier alpha value is -2.56. The minimum absolute atomic E-state index is 0.108. The molecule has 0 aliphatic rings. The minimum Gasteiger partial charge on any atom is -0.492 e. The molecule has 0 spiro atoms. The van der Waals surface area contributed by atoms with Crippen LogP contribution in [0.2, 0.25) is 0 Å². The summed E-state index contributed by atoms with van der Waals surface area (Å²) in [5, 5.41) is 0. The summed E-state index contributed by atoms with van der Waals surface area (Å²) in [6.45, 7) is 0.439. The van der Waals surface area contributed by atoms with Crippen LogP contribution in [0.5, 0.6) is 5.75 Å². The fourth-order valence-corrected chi connectivity index (χ4v) is 1.89. The molecule has 110 valence electrons. The number of carbonyl (C=O) groups excluding carboxylic acids is 1. The van der Waals surface area contributed by atoms with Crippen molar-refractivity contribution in [3.63, 3.8) is 0 Å². The zero-order valence-electron chi connectivity index (χ0n) is 12.2. The molecule has 5 heteroatoms. The Balaban J connectivity index is 2.08. The SMILES string of the molecule is CN(C)C(=O)c1ccc(N)cc1OCCc1ccccn1. The van der Waals surface area contributed by atoms with Gasteiger partial charge in [0.15, 0.2) is 0 Å². The number of nitrogens with zero attached hydrogens (tertiary/aromatic N) is 2. The molecular formula is C16H19N3O2. The van der Waals surface area contributed by atoms with Gasteiger partial charge in [-0.15, -0.1) is 0 Å². The molecule has 0 atom stereocenters. The summed E-state index contributed by atoms with van der Waals surface area (Å²) < 4.78 is 5.73. The van der Waals surface area contributed by atoms with Crippen molar-refractivity contribution < 1.29 is 9.53 Å². The van der Waals surface area contributed by atoms with Crippen LogP contribution in [0.1, 0.15) is 16.1 Å². The average Bonchev–Trinajstić information content (AvgIpc) is 2.48. The number of carbonyl (C=O) groups is 1. The third-order valence-electron chi connectivity index (χ3n) is 2.98. The zero-order chi connectivity index (χ0) is 15.2.